The SMILES string of the molecule is CC(C)(C)C(=O)n1ncc2cc(Nc3ccc(F)cc3)c(Cl)cc21. The maximum atomic E-state index is 13.0. The molecule has 1 aromatic heterocycles. The first-order valence-corrected chi connectivity index (χ1v) is 7.88. The Balaban J connectivity index is 2.00. The Morgan fingerprint density at radius 3 is 2.50 bits per heavy atom. The molecule has 0 radical (unpaired) electrons. The van der Waals surface area contributed by atoms with E-state index < -0.39 is 5.41 Å². The first-order valence-electron chi connectivity index (χ1n) is 7.50. The van der Waals surface area contributed by atoms with Gasteiger partial charge in [-0.05, 0) is 36.4 Å². The maximum Gasteiger partial charge on any atom is 0.252 e. The lowest BCUT2D eigenvalue weighted by Crippen LogP contribution is -2.27. The highest BCUT2D eigenvalue weighted by atomic mass is 35.5. The van der Waals surface area contributed by atoms with Crippen molar-refractivity contribution in [2.24, 2.45) is 5.41 Å². The molecular formula is C18H17ClFN3O. The number of fused-ring (bicyclic) bond motifs is 1. The number of anilines is 2. The molecule has 4 nitrogen and oxygen atoms in total. The van der Waals surface area contributed by atoms with Crippen molar-refractivity contribution in [3.8, 4) is 0 Å². The molecule has 0 amide bonds. The molecule has 0 saturated carbocycles. The summed E-state index contributed by atoms with van der Waals surface area (Å²) in [5.41, 5.74) is 1.50. The summed E-state index contributed by atoms with van der Waals surface area (Å²) in [5, 5.41) is 8.58. The van der Waals surface area contributed by atoms with E-state index >= 15 is 0 Å². The highest BCUT2D eigenvalue weighted by Crippen LogP contribution is 2.31. The van der Waals surface area contributed by atoms with Gasteiger partial charge in [-0.15, -0.1) is 0 Å². The quantitative estimate of drug-likeness (QED) is 0.689. The monoisotopic (exact) mass is 345 g/mol. The molecule has 0 aliphatic heterocycles. The zero-order chi connectivity index (χ0) is 17.5. The van der Waals surface area contributed by atoms with Crippen molar-refractivity contribution in [3.05, 3.63) is 53.4 Å². The summed E-state index contributed by atoms with van der Waals surface area (Å²) in [5.74, 6) is -0.406. The highest BCUT2D eigenvalue weighted by molar-refractivity contribution is 6.34. The minimum atomic E-state index is -0.545. The molecule has 0 unspecified atom stereocenters. The first-order chi connectivity index (χ1) is 11.3. The van der Waals surface area contributed by atoms with Gasteiger partial charge in [-0.3, -0.25) is 4.79 Å². The second-order valence-electron chi connectivity index (χ2n) is 6.63. The standard InChI is InChI=1S/C18H17ClFN3O/c1-18(2,3)17(24)23-16-9-14(19)15(8-11(16)10-21-23)22-13-6-4-12(20)5-7-13/h4-10,22H,1-3H3. The molecule has 1 N–H and O–H groups in total. The van der Waals surface area contributed by atoms with E-state index in [0.29, 0.717) is 16.2 Å². The summed E-state index contributed by atoms with van der Waals surface area (Å²) in [4.78, 5) is 12.5. The van der Waals surface area contributed by atoms with Gasteiger partial charge in [0.1, 0.15) is 5.82 Å². The van der Waals surface area contributed by atoms with Crippen molar-refractivity contribution in [2.75, 3.05) is 5.32 Å². The van der Waals surface area contributed by atoms with E-state index in [9.17, 15) is 9.18 Å². The first kappa shape index (κ1) is 16.5. The number of hydrogen-bond donors (Lipinski definition) is 1. The fourth-order valence-corrected chi connectivity index (χ4v) is 2.52. The summed E-state index contributed by atoms with van der Waals surface area (Å²) < 4.78 is 14.4. The molecule has 6 heteroatoms. The molecule has 0 bridgehead atoms. The van der Waals surface area contributed by atoms with E-state index in [1.807, 2.05) is 26.8 Å². The van der Waals surface area contributed by atoms with Gasteiger partial charge in [0.25, 0.3) is 5.91 Å². The Hall–Kier alpha value is -2.40. The van der Waals surface area contributed by atoms with Crippen LogP contribution in [0.4, 0.5) is 15.8 Å². The van der Waals surface area contributed by atoms with Crippen molar-refractivity contribution < 1.29 is 9.18 Å². The van der Waals surface area contributed by atoms with Gasteiger partial charge in [0, 0.05) is 16.5 Å². The molecule has 3 rings (SSSR count). The van der Waals surface area contributed by atoms with Crippen molar-refractivity contribution in [1.82, 2.24) is 9.78 Å². The molecule has 0 aliphatic rings. The van der Waals surface area contributed by atoms with Crippen LogP contribution in [0, 0.1) is 11.2 Å². The fraction of sp³-hybridized carbons (Fsp3) is 0.222. The Labute approximate surface area is 144 Å². The van der Waals surface area contributed by atoms with E-state index in [2.05, 4.69) is 10.4 Å². The maximum absolute atomic E-state index is 13.0. The molecule has 0 spiro atoms. The van der Waals surface area contributed by atoms with E-state index in [1.54, 1.807) is 24.4 Å². The van der Waals surface area contributed by atoms with Crippen molar-refractivity contribution >= 4 is 39.8 Å². The molecule has 0 fully saturated rings. The topological polar surface area (TPSA) is 46.9 Å². The van der Waals surface area contributed by atoms with Gasteiger partial charge in [0.05, 0.1) is 22.4 Å². The average Bonchev–Trinajstić information content (AvgIpc) is 2.90. The lowest BCUT2D eigenvalue weighted by atomic mass is 9.96. The molecular weight excluding hydrogens is 329 g/mol. The number of rotatable bonds is 2. The van der Waals surface area contributed by atoms with Gasteiger partial charge in [-0.1, -0.05) is 32.4 Å². The number of halogens is 2. The van der Waals surface area contributed by atoms with E-state index in [1.165, 1.54) is 16.8 Å². The number of nitrogens with zero attached hydrogens (tertiary/aromatic N) is 2. The van der Waals surface area contributed by atoms with Crippen LogP contribution in [0.3, 0.4) is 0 Å². The van der Waals surface area contributed by atoms with Crippen LogP contribution in [0.25, 0.3) is 10.9 Å². The Kier molecular flexibility index (Phi) is 4.05. The molecule has 0 atom stereocenters. The van der Waals surface area contributed by atoms with Gasteiger partial charge in [-0.25, -0.2) is 4.39 Å². The van der Waals surface area contributed by atoms with Crippen LogP contribution in [0.5, 0.6) is 0 Å². The van der Waals surface area contributed by atoms with Gasteiger partial charge < -0.3 is 5.32 Å². The summed E-state index contributed by atoms with van der Waals surface area (Å²) in [6.45, 7) is 5.53. The normalized spacial score (nSPS) is 11.7. The predicted molar refractivity (Wildman–Crippen MR) is 94.5 cm³/mol. The Bertz CT molecular complexity index is 910. The number of benzene rings is 2. The van der Waals surface area contributed by atoms with Crippen molar-refractivity contribution in [2.45, 2.75) is 20.8 Å². The van der Waals surface area contributed by atoms with Crippen molar-refractivity contribution in [3.63, 3.8) is 0 Å². The summed E-state index contributed by atoms with van der Waals surface area (Å²) >= 11 is 6.34. The second kappa shape index (κ2) is 5.91. The number of carbonyl (C=O) groups is 1. The zero-order valence-corrected chi connectivity index (χ0v) is 14.4. The molecule has 2 aromatic carbocycles. The van der Waals surface area contributed by atoms with Crippen molar-refractivity contribution in [1.29, 1.82) is 0 Å². The van der Waals surface area contributed by atoms with Crippen LogP contribution in [0.1, 0.15) is 25.6 Å². The van der Waals surface area contributed by atoms with E-state index in [-0.39, 0.29) is 11.7 Å². The minimum absolute atomic E-state index is 0.104. The lowest BCUT2D eigenvalue weighted by molar-refractivity contribution is 0.0755. The van der Waals surface area contributed by atoms with Crippen LogP contribution in [0.15, 0.2) is 42.6 Å². The average molecular weight is 346 g/mol. The van der Waals surface area contributed by atoms with E-state index in [0.717, 1.165) is 11.1 Å². The van der Waals surface area contributed by atoms with Crippen LogP contribution < -0.4 is 5.32 Å². The Morgan fingerprint density at radius 2 is 1.88 bits per heavy atom. The minimum Gasteiger partial charge on any atom is -0.354 e. The van der Waals surface area contributed by atoms with Crippen LogP contribution in [-0.4, -0.2) is 15.7 Å². The molecule has 0 aliphatic carbocycles. The number of carbonyl (C=O) groups excluding carboxylic acids is 1. The number of nitrogens with one attached hydrogen (secondary N) is 1. The summed E-state index contributed by atoms with van der Waals surface area (Å²) in [7, 11) is 0. The largest absolute Gasteiger partial charge is 0.354 e. The van der Waals surface area contributed by atoms with Gasteiger partial charge in [0.2, 0.25) is 0 Å². The smallest absolute Gasteiger partial charge is 0.252 e. The van der Waals surface area contributed by atoms with Gasteiger partial charge >= 0.3 is 0 Å². The summed E-state index contributed by atoms with van der Waals surface area (Å²) in [6.07, 6.45) is 1.63. The van der Waals surface area contributed by atoms with Crippen LogP contribution in [-0.2, 0) is 0 Å². The third-order valence-electron chi connectivity index (χ3n) is 3.61. The van der Waals surface area contributed by atoms with Crippen LogP contribution in [0.2, 0.25) is 5.02 Å². The number of aromatic nitrogens is 2. The molecule has 1 heterocycles. The summed E-state index contributed by atoms with van der Waals surface area (Å²) in [6, 6.07) is 9.52. The molecule has 24 heavy (non-hydrogen) atoms. The fourth-order valence-electron chi connectivity index (χ4n) is 2.31. The molecule has 0 saturated heterocycles. The molecule has 124 valence electrons. The van der Waals surface area contributed by atoms with Crippen LogP contribution >= 0.6 is 11.6 Å². The Morgan fingerprint density at radius 1 is 1.21 bits per heavy atom. The predicted octanol–water partition coefficient (Wildman–Crippen LogP) is 5.26. The zero-order valence-electron chi connectivity index (χ0n) is 13.6. The third kappa shape index (κ3) is 3.12. The van der Waals surface area contributed by atoms with Gasteiger partial charge in [-0.2, -0.15) is 9.78 Å². The highest BCUT2D eigenvalue weighted by Gasteiger charge is 2.25. The second-order valence-corrected chi connectivity index (χ2v) is 7.04. The van der Waals surface area contributed by atoms with E-state index in [4.69, 9.17) is 11.6 Å². The lowest BCUT2D eigenvalue weighted by Gasteiger charge is -2.16. The molecule has 3 aromatic rings. The van der Waals surface area contributed by atoms with Gasteiger partial charge in [0.15, 0.2) is 0 Å². The number of hydrogen-bond acceptors (Lipinski definition) is 3. The third-order valence-corrected chi connectivity index (χ3v) is 3.93.